The minimum atomic E-state index is -5.02. The third-order valence-corrected chi connectivity index (χ3v) is 13.9. The molecule has 0 bridgehead atoms. The molecule has 0 saturated carbocycles. The molecule has 4 saturated heterocycles. The summed E-state index contributed by atoms with van der Waals surface area (Å²) >= 11 is 0. The summed E-state index contributed by atoms with van der Waals surface area (Å²) in [5, 5.41) is 12.5. The summed E-state index contributed by atoms with van der Waals surface area (Å²) in [6, 6.07) is 3.74. The van der Waals surface area contributed by atoms with E-state index in [0.29, 0.717) is 90.5 Å². The Balaban J connectivity index is 0.755. The van der Waals surface area contributed by atoms with Gasteiger partial charge in [0.25, 0.3) is 11.8 Å². The molecule has 6 aliphatic rings. The second-order valence-electron chi connectivity index (χ2n) is 16.1. The van der Waals surface area contributed by atoms with Gasteiger partial charge in [0.05, 0.1) is 21.7 Å². The van der Waals surface area contributed by atoms with Crippen LogP contribution < -0.4 is 15.1 Å². The van der Waals surface area contributed by atoms with Gasteiger partial charge in [-0.15, -0.1) is 0 Å². The fourth-order valence-electron chi connectivity index (χ4n) is 9.27. The van der Waals surface area contributed by atoms with Gasteiger partial charge in [-0.2, -0.15) is 8.78 Å². The van der Waals surface area contributed by atoms with Crippen LogP contribution in [0.4, 0.5) is 28.9 Å². The molecule has 5 heterocycles. The van der Waals surface area contributed by atoms with E-state index in [4.69, 9.17) is 0 Å². The number of sulfone groups is 1. The number of piperazine rings is 2. The van der Waals surface area contributed by atoms with E-state index in [2.05, 4.69) is 15.1 Å². The number of amides is 5. The molecule has 4 fully saturated rings. The zero-order chi connectivity index (χ0) is 41.9. The summed E-state index contributed by atoms with van der Waals surface area (Å²) in [4.78, 5) is 73.5. The van der Waals surface area contributed by atoms with Gasteiger partial charge >= 0.3 is 5.76 Å². The van der Waals surface area contributed by atoms with Crippen LogP contribution in [-0.2, 0) is 30.6 Å². The van der Waals surface area contributed by atoms with Gasteiger partial charge < -0.3 is 19.8 Å². The lowest BCUT2D eigenvalue weighted by atomic mass is 9.95. The first kappa shape index (κ1) is 41.1. The van der Waals surface area contributed by atoms with Crippen molar-refractivity contribution in [2.75, 3.05) is 88.3 Å². The van der Waals surface area contributed by atoms with Gasteiger partial charge in [0, 0.05) is 108 Å². The van der Waals surface area contributed by atoms with Gasteiger partial charge in [0.2, 0.25) is 27.6 Å². The Kier molecular flexibility index (Phi) is 11.2. The number of hydrogen-bond acceptors (Lipinski definition) is 12. The fraction of sp³-hybridized carbons (Fsp3) is 0.564. The molecule has 318 valence electrons. The number of anilines is 2. The minimum Gasteiger partial charge on any atom is -0.385 e. The topological polar surface area (TPSA) is 171 Å². The summed E-state index contributed by atoms with van der Waals surface area (Å²) in [6.45, 7) is 7.34. The Labute approximate surface area is 337 Å². The van der Waals surface area contributed by atoms with Crippen LogP contribution in [0.25, 0.3) is 0 Å². The number of benzene rings is 2. The van der Waals surface area contributed by atoms with E-state index in [1.807, 2.05) is 14.7 Å². The molecular formula is C39H45F4N7O8S. The highest BCUT2D eigenvalue weighted by atomic mass is 32.2. The molecule has 0 spiro atoms. The second kappa shape index (κ2) is 16.1. The molecule has 3 atom stereocenters. The number of hydrogen-bond donors (Lipinski definition) is 2. The number of piperidine rings is 1. The summed E-state index contributed by atoms with van der Waals surface area (Å²) in [6.07, 6.45) is -2.80. The van der Waals surface area contributed by atoms with Crippen LogP contribution in [0.1, 0.15) is 63.6 Å². The van der Waals surface area contributed by atoms with Crippen LogP contribution >= 0.6 is 0 Å². The summed E-state index contributed by atoms with van der Waals surface area (Å²) in [5.74, 6) is -6.68. The van der Waals surface area contributed by atoms with Crippen LogP contribution in [0.15, 0.2) is 29.2 Å². The van der Waals surface area contributed by atoms with Crippen molar-refractivity contribution in [1.82, 2.24) is 24.9 Å². The smallest absolute Gasteiger partial charge is 0.341 e. The highest BCUT2D eigenvalue weighted by Gasteiger charge is 2.46. The Morgan fingerprint density at radius 3 is 2.20 bits per heavy atom. The third kappa shape index (κ3) is 7.68. The Bertz CT molecular complexity index is 2170. The number of rotatable bonds is 11. The predicted octanol–water partition coefficient (Wildman–Crippen LogP) is 1.33. The highest BCUT2D eigenvalue weighted by Crippen LogP contribution is 2.45. The number of fused-ring (bicyclic) bond motifs is 2. The number of halogens is 4. The number of carbonyl (C=O) groups excluding carboxylic acids is 5. The van der Waals surface area contributed by atoms with E-state index < -0.39 is 68.3 Å². The molecule has 20 heteroatoms. The van der Waals surface area contributed by atoms with Crippen molar-refractivity contribution in [1.29, 1.82) is 0 Å². The molecule has 1 unspecified atom stereocenters. The maximum atomic E-state index is 15.3. The van der Waals surface area contributed by atoms with Crippen molar-refractivity contribution in [3.8, 4) is 0 Å². The minimum absolute atomic E-state index is 0.00796. The molecule has 15 nitrogen and oxygen atoms in total. The first-order valence-corrected chi connectivity index (χ1v) is 21.4. The van der Waals surface area contributed by atoms with Gasteiger partial charge in [-0.05, 0) is 49.2 Å². The van der Waals surface area contributed by atoms with Gasteiger partial charge in [-0.25, -0.2) is 17.2 Å². The molecule has 1 aliphatic carbocycles. The first-order chi connectivity index (χ1) is 28.1. The van der Waals surface area contributed by atoms with Gasteiger partial charge in [-0.1, -0.05) is 0 Å². The van der Waals surface area contributed by atoms with Crippen molar-refractivity contribution < 1.29 is 55.1 Å². The molecule has 0 radical (unpaired) electrons. The van der Waals surface area contributed by atoms with Crippen molar-refractivity contribution in [2.45, 2.75) is 61.1 Å². The SMILES string of the molecule is O=C1CCC(N2C(=O)c3cc(F)c(N4CCN(CCCC(=O)N5CCN(CC6CN(c7ccc(S(=O)(=O)C(F)F)c8c7C[C@@H](F)[C@H]8O)C6)CC5)CC4)cc3C2=O)C(=O)N1. The Morgan fingerprint density at radius 2 is 1.54 bits per heavy atom. The van der Waals surface area contributed by atoms with E-state index in [-0.39, 0.29) is 59.0 Å². The van der Waals surface area contributed by atoms with E-state index in [1.54, 1.807) is 0 Å². The zero-order valence-corrected chi connectivity index (χ0v) is 32.9. The number of aliphatic hydroxyl groups is 1. The monoisotopic (exact) mass is 847 g/mol. The predicted molar refractivity (Wildman–Crippen MR) is 203 cm³/mol. The molecule has 59 heavy (non-hydrogen) atoms. The lowest BCUT2D eigenvalue weighted by Gasteiger charge is -2.45. The summed E-state index contributed by atoms with van der Waals surface area (Å²) in [5.41, 5.74) is 0.637. The molecular weight excluding hydrogens is 803 g/mol. The number of nitrogens with one attached hydrogen (secondary N) is 1. The first-order valence-electron chi connectivity index (χ1n) is 19.9. The van der Waals surface area contributed by atoms with E-state index >= 15 is 4.39 Å². The summed E-state index contributed by atoms with van der Waals surface area (Å²) in [7, 11) is -5.02. The van der Waals surface area contributed by atoms with E-state index in [9.17, 15) is 50.7 Å². The Hall–Kier alpha value is -4.66. The number of aliphatic hydroxyl groups excluding tert-OH is 1. The third-order valence-electron chi connectivity index (χ3n) is 12.5. The molecule has 2 N–H and O–H groups in total. The maximum Gasteiger partial charge on any atom is 0.341 e. The second-order valence-corrected chi connectivity index (χ2v) is 18.0. The van der Waals surface area contributed by atoms with E-state index in [0.717, 1.165) is 23.6 Å². The number of nitrogens with zero attached hydrogens (tertiary/aromatic N) is 6. The molecule has 5 aliphatic heterocycles. The quantitative estimate of drug-likeness (QED) is 0.246. The maximum absolute atomic E-state index is 15.3. The van der Waals surface area contributed by atoms with Crippen LogP contribution in [-0.4, -0.2) is 159 Å². The van der Waals surface area contributed by atoms with Gasteiger partial charge in [0.1, 0.15) is 24.1 Å². The fourth-order valence-corrected chi connectivity index (χ4v) is 10.3. The standard InChI is InChI=1S/C39H45F4N7O8S/c40-26-16-23-24(38(56)50(37(23)55)29-4-6-32(51)44-36(29)54)18-30(26)47-12-8-45(9-13-47)7-1-2-33(52)48-14-10-46(11-15-48)19-22-20-49(21-22)28-3-5-31(59(57,58)39(42)43)34-25(28)17-27(41)35(34)53/h3,5,16,18,22,27,29,35,39,53H,1-2,4,6-15,17,19-21H2,(H,44,51,54)/t27-,29?,35-/m1/s1. The average molecular weight is 848 g/mol. The van der Waals surface area contributed by atoms with Crippen molar-refractivity contribution in [3.63, 3.8) is 0 Å². The number of alkyl halides is 3. The van der Waals surface area contributed by atoms with Crippen LogP contribution in [0.5, 0.6) is 0 Å². The van der Waals surface area contributed by atoms with Crippen LogP contribution in [0, 0.1) is 11.7 Å². The lowest BCUT2D eigenvalue weighted by Crippen LogP contribution is -2.55. The normalized spacial score (nSPS) is 24.5. The Morgan fingerprint density at radius 1 is 0.881 bits per heavy atom. The van der Waals surface area contributed by atoms with Crippen LogP contribution in [0.3, 0.4) is 0 Å². The molecule has 2 aromatic carbocycles. The molecule has 2 aromatic rings. The number of carbonyl (C=O) groups is 5. The van der Waals surface area contributed by atoms with Crippen LogP contribution in [0.2, 0.25) is 0 Å². The average Bonchev–Trinajstić information content (AvgIpc) is 3.62. The largest absolute Gasteiger partial charge is 0.385 e. The highest BCUT2D eigenvalue weighted by molar-refractivity contribution is 7.91. The van der Waals surface area contributed by atoms with E-state index in [1.165, 1.54) is 12.1 Å². The van der Waals surface area contributed by atoms with Gasteiger partial charge in [-0.3, -0.25) is 44.0 Å². The van der Waals surface area contributed by atoms with Gasteiger partial charge in [0.15, 0.2) is 0 Å². The van der Waals surface area contributed by atoms with Crippen molar-refractivity contribution in [3.05, 3.63) is 52.3 Å². The zero-order valence-electron chi connectivity index (χ0n) is 32.1. The van der Waals surface area contributed by atoms with Crippen molar-refractivity contribution in [2.24, 2.45) is 5.92 Å². The summed E-state index contributed by atoms with van der Waals surface area (Å²) < 4.78 is 81.0. The molecule has 0 aromatic heterocycles. The molecule has 5 amide bonds. The number of imide groups is 2. The lowest BCUT2D eigenvalue weighted by molar-refractivity contribution is -0.136. The van der Waals surface area contributed by atoms with Crippen molar-refractivity contribution >= 4 is 50.7 Å². The molecule has 8 rings (SSSR count).